The Bertz CT molecular complexity index is 364. The fourth-order valence-electron chi connectivity index (χ4n) is 1.76. The van der Waals surface area contributed by atoms with Crippen LogP contribution in [0.25, 0.3) is 0 Å². The maximum atomic E-state index is 11.7. The SMILES string of the molecule is CN(C)CCNC(=O)CC1=CSC2=NCCN12. The molecular weight excluding hydrogens is 236 g/mol. The van der Waals surface area contributed by atoms with Crippen molar-refractivity contribution < 1.29 is 4.79 Å². The van der Waals surface area contributed by atoms with Gasteiger partial charge in [-0.05, 0) is 19.5 Å². The van der Waals surface area contributed by atoms with Crippen LogP contribution in [0.4, 0.5) is 0 Å². The molecule has 0 radical (unpaired) electrons. The third-order valence-electron chi connectivity index (χ3n) is 2.67. The summed E-state index contributed by atoms with van der Waals surface area (Å²) in [5.74, 6) is 0.0897. The first-order chi connectivity index (χ1) is 8.16. The van der Waals surface area contributed by atoms with Crippen molar-refractivity contribution in [3.05, 3.63) is 11.1 Å². The van der Waals surface area contributed by atoms with Gasteiger partial charge in [0.25, 0.3) is 0 Å². The highest BCUT2D eigenvalue weighted by molar-refractivity contribution is 8.16. The molecule has 0 saturated heterocycles. The van der Waals surface area contributed by atoms with Gasteiger partial charge in [0.05, 0.1) is 13.0 Å². The summed E-state index contributed by atoms with van der Waals surface area (Å²) < 4.78 is 0. The van der Waals surface area contributed by atoms with E-state index in [4.69, 9.17) is 0 Å². The van der Waals surface area contributed by atoms with E-state index >= 15 is 0 Å². The first-order valence-electron chi connectivity index (χ1n) is 5.76. The lowest BCUT2D eigenvalue weighted by Gasteiger charge is -2.16. The summed E-state index contributed by atoms with van der Waals surface area (Å²) in [6.45, 7) is 3.34. The summed E-state index contributed by atoms with van der Waals surface area (Å²) >= 11 is 1.62. The van der Waals surface area contributed by atoms with E-state index in [0.29, 0.717) is 13.0 Å². The standard InChI is InChI=1S/C11H18N4OS/c1-14(2)5-3-12-10(16)7-9-8-17-11-13-4-6-15(9)11/h8H,3-7H2,1-2H3,(H,12,16). The van der Waals surface area contributed by atoms with Crippen molar-refractivity contribution in [2.24, 2.45) is 4.99 Å². The Kier molecular flexibility index (Phi) is 4.06. The highest BCUT2D eigenvalue weighted by Crippen LogP contribution is 2.30. The molecule has 94 valence electrons. The van der Waals surface area contributed by atoms with Crippen molar-refractivity contribution in [2.45, 2.75) is 6.42 Å². The van der Waals surface area contributed by atoms with E-state index in [1.54, 1.807) is 11.8 Å². The van der Waals surface area contributed by atoms with Crippen molar-refractivity contribution in [3.8, 4) is 0 Å². The summed E-state index contributed by atoms with van der Waals surface area (Å²) in [5, 5.41) is 6.00. The van der Waals surface area contributed by atoms with Gasteiger partial charge in [0, 0.05) is 25.3 Å². The highest BCUT2D eigenvalue weighted by Gasteiger charge is 2.27. The van der Waals surface area contributed by atoms with Crippen LogP contribution in [-0.4, -0.2) is 61.1 Å². The Hall–Kier alpha value is -1.01. The number of nitrogens with one attached hydrogen (secondary N) is 1. The average Bonchev–Trinajstić information content (AvgIpc) is 2.82. The molecule has 0 fully saturated rings. The lowest BCUT2D eigenvalue weighted by Crippen LogP contribution is -2.33. The number of hydrogen-bond donors (Lipinski definition) is 1. The summed E-state index contributed by atoms with van der Waals surface area (Å²) in [6.07, 6.45) is 0.458. The number of likely N-dealkylation sites (N-methyl/N-ethyl adjacent to an activating group) is 1. The van der Waals surface area contributed by atoms with E-state index < -0.39 is 0 Å². The van der Waals surface area contributed by atoms with Crippen LogP contribution in [0.3, 0.4) is 0 Å². The van der Waals surface area contributed by atoms with Gasteiger partial charge in [0.2, 0.25) is 5.91 Å². The lowest BCUT2D eigenvalue weighted by molar-refractivity contribution is -0.120. The smallest absolute Gasteiger partial charge is 0.226 e. The number of amidine groups is 1. The summed E-state index contributed by atoms with van der Waals surface area (Å²) in [4.78, 5) is 20.3. The van der Waals surface area contributed by atoms with Crippen molar-refractivity contribution in [3.63, 3.8) is 0 Å². The predicted molar refractivity (Wildman–Crippen MR) is 70.9 cm³/mol. The number of amides is 1. The van der Waals surface area contributed by atoms with Crippen molar-refractivity contribution in [1.29, 1.82) is 0 Å². The minimum Gasteiger partial charge on any atom is -0.354 e. The predicted octanol–water partition coefficient (Wildman–Crippen LogP) is 0.314. The van der Waals surface area contributed by atoms with Gasteiger partial charge in [-0.15, -0.1) is 0 Å². The van der Waals surface area contributed by atoms with E-state index in [1.807, 2.05) is 19.5 Å². The Morgan fingerprint density at radius 2 is 2.47 bits per heavy atom. The number of thioether (sulfide) groups is 1. The topological polar surface area (TPSA) is 47.9 Å². The Balaban J connectivity index is 1.74. The zero-order valence-electron chi connectivity index (χ0n) is 10.3. The zero-order chi connectivity index (χ0) is 12.3. The van der Waals surface area contributed by atoms with Crippen LogP contribution in [0.15, 0.2) is 16.1 Å². The monoisotopic (exact) mass is 254 g/mol. The number of hydrogen-bond acceptors (Lipinski definition) is 5. The van der Waals surface area contributed by atoms with Gasteiger partial charge < -0.3 is 15.1 Å². The molecule has 5 nitrogen and oxygen atoms in total. The Morgan fingerprint density at radius 3 is 3.24 bits per heavy atom. The summed E-state index contributed by atoms with van der Waals surface area (Å²) in [6, 6.07) is 0. The number of rotatable bonds is 5. The van der Waals surface area contributed by atoms with Crippen LogP contribution in [0, 0.1) is 0 Å². The maximum absolute atomic E-state index is 11.7. The van der Waals surface area contributed by atoms with E-state index in [2.05, 4.69) is 20.1 Å². The molecule has 0 saturated carbocycles. The molecule has 6 heteroatoms. The molecule has 0 bridgehead atoms. The van der Waals surface area contributed by atoms with Gasteiger partial charge in [-0.2, -0.15) is 0 Å². The molecule has 17 heavy (non-hydrogen) atoms. The molecule has 0 aromatic heterocycles. The molecule has 0 aromatic carbocycles. The van der Waals surface area contributed by atoms with Crippen LogP contribution in [0.5, 0.6) is 0 Å². The van der Waals surface area contributed by atoms with Crippen LogP contribution >= 0.6 is 11.8 Å². The molecule has 0 unspecified atom stereocenters. The largest absolute Gasteiger partial charge is 0.354 e. The molecule has 2 heterocycles. The third-order valence-corrected chi connectivity index (χ3v) is 3.62. The normalized spacial score (nSPS) is 18.2. The summed E-state index contributed by atoms with van der Waals surface area (Å²) in [7, 11) is 3.99. The molecule has 0 aromatic rings. The minimum atomic E-state index is 0.0897. The molecule has 2 aliphatic rings. The average molecular weight is 254 g/mol. The van der Waals surface area contributed by atoms with E-state index in [9.17, 15) is 4.79 Å². The fraction of sp³-hybridized carbons (Fsp3) is 0.636. The first-order valence-corrected chi connectivity index (χ1v) is 6.64. The molecule has 0 aliphatic carbocycles. The quantitative estimate of drug-likeness (QED) is 0.767. The van der Waals surface area contributed by atoms with E-state index in [-0.39, 0.29) is 5.91 Å². The third kappa shape index (κ3) is 3.23. The van der Waals surface area contributed by atoms with Gasteiger partial charge in [-0.3, -0.25) is 9.79 Å². The summed E-state index contributed by atoms with van der Waals surface area (Å²) in [5.41, 5.74) is 1.08. The van der Waals surface area contributed by atoms with Gasteiger partial charge in [0.15, 0.2) is 5.17 Å². The lowest BCUT2D eigenvalue weighted by atomic mass is 10.3. The zero-order valence-corrected chi connectivity index (χ0v) is 11.1. The first kappa shape index (κ1) is 12.4. The van der Waals surface area contributed by atoms with Crippen LogP contribution in [0.1, 0.15) is 6.42 Å². The van der Waals surface area contributed by atoms with Crippen LogP contribution < -0.4 is 5.32 Å². The van der Waals surface area contributed by atoms with Crippen molar-refractivity contribution in [2.75, 3.05) is 40.3 Å². The van der Waals surface area contributed by atoms with Crippen molar-refractivity contribution in [1.82, 2.24) is 15.1 Å². The van der Waals surface area contributed by atoms with Gasteiger partial charge in [-0.1, -0.05) is 11.8 Å². The number of fused-ring (bicyclic) bond motifs is 1. The number of carbonyl (C=O) groups is 1. The van der Waals surface area contributed by atoms with E-state index in [0.717, 1.165) is 30.5 Å². The molecule has 0 atom stereocenters. The molecule has 1 amide bonds. The second-order valence-corrected chi connectivity index (χ2v) is 5.21. The fourth-order valence-corrected chi connectivity index (χ4v) is 2.71. The molecule has 1 N–H and O–H groups in total. The van der Waals surface area contributed by atoms with Crippen molar-refractivity contribution >= 4 is 22.8 Å². The molecular formula is C11H18N4OS. The Morgan fingerprint density at radius 1 is 1.65 bits per heavy atom. The van der Waals surface area contributed by atoms with E-state index in [1.165, 1.54) is 0 Å². The second-order valence-electron chi connectivity index (χ2n) is 4.37. The minimum absolute atomic E-state index is 0.0897. The van der Waals surface area contributed by atoms with Crippen LogP contribution in [-0.2, 0) is 4.79 Å². The molecule has 0 spiro atoms. The van der Waals surface area contributed by atoms with Gasteiger partial charge in [0.1, 0.15) is 0 Å². The van der Waals surface area contributed by atoms with Gasteiger partial charge >= 0.3 is 0 Å². The second kappa shape index (κ2) is 5.55. The number of carbonyl (C=O) groups excluding carboxylic acids is 1. The molecule has 2 aliphatic heterocycles. The maximum Gasteiger partial charge on any atom is 0.226 e. The van der Waals surface area contributed by atoms with Crippen LogP contribution in [0.2, 0.25) is 0 Å². The molecule has 2 rings (SSSR count). The number of aliphatic imine (C=N–C) groups is 1. The number of nitrogens with zero attached hydrogens (tertiary/aromatic N) is 3. The highest BCUT2D eigenvalue weighted by atomic mass is 32.2. The Labute approximate surface area is 106 Å². The van der Waals surface area contributed by atoms with Gasteiger partial charge in [-0.25, -0.2) is 0 Å².